The molecule has 1 aromatic carbocycles. The van der Waals surface area contributed by atoms with Gasteiger partial charge in [-0.05, 0) is 37.8 Å². The standard InChI is InChI=1S/C13H17NO2/c1-8-3-4-9(2)10(7-8)13(5-6-13)11(14)12(15)16/h3-4,7,11H,5-6,14H2,1-2H3,(H,15,16). The molecule has 1 fully saturated rings. The van der Waals surface area contributed by atoms with Crippen LogP contribution in [-0.4, -0.2) is 17.1 Å². The molecule has 2 rings (SSSR count). The molecule has 0 amide bonds. The quantitative estimate of drug-likeness (QED) is 0.814. The average Bonchev–Trinajstić information content (AvgIpc) is 3.01. The van der Waals surface area contributed by atoms with Crippen molar-refractivity contribution in [3.05, 3.63) is 34.9 Å². The molecule has 1 saturated carbocycles. The van der Waals surface area contributed by atoms with Gasteiger partial charge >= 0.3 is 5.97 Å². The Balaban J connectivity index is 2.44. The monoisotopic (exact) mass is 219 g/mol. The summed E-state index contributed by atoms with van der Waals surface area (Å²) < 4.78 is 0. The van der Waals surface area contributed by atoms with Gasteiger partial charge in [-0.2, -0.15) is 0 Å². The van der Waals surface area contributed by atoms with Crippen LogP contribution in [0.5, 0.6) is 0 Å². The molecule has 0 spiro atoms. The predicted octanol–water partition coefficient (Wildman–Crippen LogP) is 1.75. The number of carboxylic acids is 1. The van der Waals surface area contributed by atoms with E-state index in [0.717, 1.165) is 29.5 Å². The molecule has 0 heterocycles. The first-order chi connectivity index (χ1) is 7.47. The van der Waals surface area contributed by atoms with Gasteiger partial charge in [-0.25, -0.2) is 0 Å². The van der Waals surface area contributed by atoms with Crippen LogP contribution in [0, 0.1) is 13.8 Å². The van der Waals surface area contributed by atoms with E-state index in [4.69, 9.17) is 10.8 Å². The van der Waals surface area contributed by atoms with Gasteiger partial charge in [0.15, 0.2) is 0 Å². The maximum Gasteiger partial charge on any atom is 0.321 e. The number of carbonyl (C=O) groups is 1. The molecule has 3 N–H and O–H groups in total. The molecule has 3 heteroatoms. The lowest BCUT2D eigenvalue weighted by molar-refractivity contribution is -0.139. The average molecular weight is 219 g/mol. The molecular weight excluding hydrogens is 202 g/mol. The van der Waals surface area contributed by atoms with Crippen LogP contribution in [0.2, 0.25) is 0 Å². The molecule has 1 aliphatic carbocycles. The van der Waals surface area contributed by atoms with Gasteiger partial charge in [0.25, 0.3) is 0 Å². The second-order valence-electron chi connectivity index (χ2n) is 4.79. The highest BCUT2D eigenvalue weighted by atomic mass is 16.4. The molecule has 1 atom stereocenters. The van der Waals surface area contributed by atoms with Crippen LogP contribution < -0.4 is 5.73 Å². The third-order valence-corrected chi connectivity index (χ3v) is 3.58. The summed E-state index contributed by atoms with van der Waals surface area (Å²) in [6.45, 7) is 4.04. The summed E-state index contributed by atoms with van der Waals surface area (Å²) in [7, 11) is 0. The Labute approximate surface area is 95.3 Å². The number of aliphatic carboxylic acids is 1. The molecule has 0 aromatic heterocycles. The third kappa shape index (κ3) is 1.61. The van der Waals surface area contributed by atoms with E-state index >= 15 is 0 Å². The van der Waals surface area contributed by atoms with E-state index in [0.29, 0.717) is 0 Å². The van der Waals surface area contributed by atoms with Crippen molar-refractivity contribution >= 4 is 5.97 Å². The fourth-order valence-corrected chi connectivity index (χ4v) is 2.39. The summed E-state index contributed by atoms with van der Waals surface area (Å²) in [6, 6.07) is 5.37. The number of aryl methyl sites for hydroxylation is 2. The Morgan fingerprint density at radius 2 is 2.06 bits per heavy atom. The van der Waals surface area contributed by atoms with Crippen LogP contribution in [0.3, 0.4) is 0 Å². The maximum absolute atomic E-state index is 11.0. The summed E-state index contributed by atoms with van der Waals surface area (Å²) >= 11 is 0. The van der Waals surface area contributed by atoms with Crippen LogP contribution in [0.1, 0.15) is 29.5 Å². The van der Waals surface area contributed by atoms with Crippen molar-refractivity contribution in [1.29, 1.82) is 0 Å². The van der Waals surface area contributed by atoms with Crippen molar-refractivity contribution in [2.24, 2.45) is 5.73 Å². The van der Waals surface area contributed by atoms with E-state index in [2.05, 4.69) is 6.07 Å². The molecule has 1 unspecified atom stereocenters. The van der Waals surface area contributed by atoms with Crippen molar-refractivity contribution < 1.29 is 9.90 Å². The number of hydrogen-bond donors (Lipinski definition) is 2. The lowest BCUT2D eigenvalue weighted by Crippen LogP contribution is -2.42. The smallest absolute Gasteiger partial charge is 0.321 e. The number of rotatable bonds is 3. The Kier molecular flexibility index (Phi) is 2.50. The zero-order chi connectivity index (χ0) is 11.9. The Morgan fingerprint density at radius 1 is 1.44 bits per heavy atom. The summed E-state index contributed by atoms with van der Waals surface area (Å²) in [5.41, 5.74) is 8.90. The zero-order valence-corrected chi connectivity index (χ0v) is 9.66. The minimum Gasteiger partial charge on any atom is -0.480 e. The molecule has 3 nitrogen and oxygen atoms in total. The Hall–Kier alpha value is -1.35. The van der Waals surface area contributed by atoms with Gasteiger partial charge < -0.3 is 10.8 Å². The second-order valence-corrected chi connectivity index (χ2v) is 4.79. The van der Waals surface area contributed by atoms with Gasteiger partial charge in [-0.1, -0.05) is 23.8 Å². The predicted molar refractivity (Wildman–Crippen MR) is 62.4 cm³/mol. The van der Waals surface area contributed by atoms with Crippen molar-refractivity contribution in [1.82, 2.24) is 0 Å². The topological polar surface area (TPSA) is 63.3 Å². The van der Waals surface area contributed by atoms with Crippen molar-refractivity contribution in [3.8, 4) is 0 Å². The molecule has 16 heavy (non-hydrogen) atoms. The van der Waals surface area contributed by atoms with E-state index in [9.17, 15) is 4.79 Å². The first-order valence-corrected chi connectivity index (χ1v) is 5.53. The Morgan fingerprint density at radius 3 is 2.56 bits per heavy atom. The molecule has 0 saturated heterocycles. The first-order valence-electron chi connectivity index (χ1n) is 5.53. The molecule has 0 radical (unpaired) electrons. The molecule has 1 aromatic rings. The number of hydrogen-bond acceptors (Lipinski definition) is 2. The summed E-state index contributed by atoms with van der Waals surface area (Å²) in [5, 5.41) is 9.05. The number of nitrogens with two attached hydrogens (primary N) is 1. The largest absolute Gasteiger partial charge is 0.480 e. The zero-order valence-electron chi connectivity index (χ0n) is 9.66. The van der Waals surface area contributed by atoms with Crippen LogP contribution in [0.25, 0.3) is 0 Å². The first kappa shape index (κ1) is 11.1. The van der Waals surface area contributed by atoms with E-state index in [1.807, 2.05) is 26.0 Å². The van der Waals surface area contributed by atoms with Gasteiger partial charge in [0.1, 0.15) is 6.04 Å². The van der Waals surface area contributed by atoms with Gasteiger partial charge in [0, 0.05) is 5.41 Å². The highest BCUT2D eigenvalue weighted by molar-refractivity contribution is 5.77. The fraction of sp³-hybridized carbons (Fsp3) is 0.462. The normalized spacial score (nSPS) is 19.2. The maximum atomic E-state index is 11.0. The summed E-state index contributed by atoms with van der Waals surface area (Å²) in [4.78, 5) is 11.0. The minimum absolute atomic E-state index is 0.318. The molecule has 0 bridgehead atoms. The fourth-order valence-electron chi connectivity index (χ4n) is 2.39. The van der Waals surface area contributed by atoms with Crippen molar-refractivity contribution in [2.45, 2.75) is 38.1 Å². The lowest BCUT2D eigenvalue weighted by Gasteiger charge is -2.22. The van der Waals surface area contributed by atoms with E-state index in [1.54, 1.807) is 0 Å². The van der Waals surface area contributed by atoms with Gasteiger partial charge in [0.05, 0.1) is 0 Å². The van der Waals surface area contributed by atoms with Crippen LogP contribution in [0.15, 0.2) is 18.2 Å². The van der Waals surface area contributed by atoms with Gasteiger partial charge in [-0.15, -0.1) is 0 Å². The molecule has 86 valence electrons. The highest BCUT2D eigenvalue weighted by Crippen LogP contribution is 2.51. The second kappa shape index (κ2) is 3.59. The summed E-state index contributed by atoms with van der Waals surface area (Å²) in [5.74, 6) is -0.904. The highest BCUT2D eigenvalue weighted by Gasteiger charge is 2.52. The van der Waals surface area contributed by atoms with E-state index in [-0.39, 0.29) is 5.41 Å². The summed E-state index contributed by atoms with van der Waals surface area (Å²) in [6.07, 6.45) is 1.76. The molecular formula is C13H17NO2. The Bertz CT molecular complexity index is 436. The van der Waals surface area contributed by atoms with E-state index < -0.39 is 12.0 Å². The SMILES string of the molecule is Cc1ccc(C)c(C2(C(N)C(=O)O)CC2)c1. The van der Waals surface area contributed by atoms with Crippen LogP contribution >= 0.6 is 0 Å². The van der Waals surface area contributed by atoms with Gasteiger partial charge in [0.2, 0.25) is 0 Å². The van der Waals surface area contributed by atoms with Crippen molar-refractivity contribution in [3.63, 3.8) is 0 Å². The van der Waals surface area contributed by atoms with Crippen LogP contribution in [-0.2, 0) is 10.2 Å². The molecule has 0 aliphatic heterocycles. The van der Waals surface area contributed by atoms with Crippen molar-refractivity contribution in [2.75, 3.05) is 0 Å². The third-order valence-electron chi connectivity index (χ3n) is 3.58. The number of benzene rings is 1. The van der Waals surface area contributed by atoms with Crippen LogP contribution in [0.4, 0.5) is 0 Å². The lowest BCUT2D eigenvalue weighted by atomic mass is 9.85. The van der Waals surface area contributed by atoms with Gasteiger partial charge in [-0.3, -0.25) is 4.79 Å². The number of carboxylic acid groups (broad SMARTS) is 1. The minimum atomic E-state index is -0.904. The molecule has 1 aliphatic rings. The van der Waals surface area contributed by atoms with E-state index in [1.165, 1.54) is 0 Å².